The maximum Gasteiger partial charge on any atom is 0.373 e. The molecule has 0 saturated carbocycles. The Kier molecular flexibility index (Phi) is 9.79. The Balaban J connectivity index is 3.61. The molecule has 0 aromatic heterocycles. The highest BCUT2D eigenvalue weighted by atomic mass is 16.6. The molecule has 1 amide bonds. The molecule has 0 aromatic rings. The first-order chi connectivity index (χ1) is 13.7. The molecule has 3 N–H and O–H groups in total. The van der Waals surface area contributed by atoms with Crippen molar-refractivity contribution >= 4 is 17.8 Å². The van der Waals surface area contributed by atoms with Crippen molar-refractivity contribution in [1.82, 2.24) is 5.32 Å². The van der Waals surface area contributed by atoms with Gasteiger partial charge < -0.3 is 34.5 Å². The first-order valence-corrected chi connectivity index (χ1v) is 9.15. The van der Waals surface area contributed by atoms with Crippen molar-refractivity contribution in [2.75, 3.05) is 20.3 Å². The van der Waals surface area contributed by atoms with E-state index in [0.29, 0.717) is 5.57 Å². The van der Waals surface area contributed by atoms with Gasteiger partial charge in [0.2, 0.25) is 11.7 Å². The quantitative estimate of drug-likeness (QED) is 0.320. The highest BCUT2D eigenvalue weighted by Gasteiger charge is 2.49. The monoisotopic (exact) mass is 415 g/mol. The number of nitrogens with one attached hydrogen (secondary N) is 1. The number of amides is 1. The van der Waals surface area contributed by atoms with Gasteiger partial charge in [-0.25, -0.2) is 4.79 Å². The fourth-order valence-corrected chi connectivity index (χ4v) is 3.15. The second-order valence-electron chi connectivity index (χ2n) is 6.35. The SMILES string of the molecule is C=CCC1=C(C(=O)OC)O[C@@H]([C@H](OC(C)=O)[C@H](O)CO)[C@H](NC(C)=O)[C@H]1OCC. The Morgan fingerprint density at radius 2 is 2.00 bits per heavy atom. The van der Waals surface area contributed by atoms with E-state index >= 15 is 0 Å². The molecule has 0 aliphatic carbocycles. The summed E-state index contributed by atoms with van der Waals surface area (Å²) in [4.78, 5) is 35.8. The zero-order valence-electron chi connectivity index (χ0n) is 17.0. The summed E-state index contributed by atoms with van der Waals surface area (Å²) in [7, 11) is 1.17. The van der Waals surface area contributed by atoms with E-state index in [4.69, 9.17) is 18.9 Å². The summed E-state index contributed by atoms with van der Waals surface area (Å²) in [6.07, 6.45) is -3.32. The number of ether oxygens (including phenoxy) is 4. The molecule has 10 heteroatoms. The van der Waals surface area contributed by atoms with Gasteiger partial charge in [-0.05, 0) is 13.3 Å². The van der Waals surface area contributed by atoms with Crippen LogP contribution in [0.25, 0.3) is 0 Å². The van der Waals surface area contributed by atoms with Crippen molar-refractivity contribution < 1.29 is 43.5 Å². The minimum absolute atomic E-state index is 0.193. The van der Waals surface area contributed by atoms with Crippen LogP contribution in [-0.2, 0) is 33.3 Å². The standard InChI is InChI=1S/C19H29NO9/c1-6-8-12-15(27-7-2)14(20-10(3)22)18(29-16(12)19(25)26-5)17(13(24)9-21)28-11(4)23/h6,13-15,17-18,21,24H,1,7-9H2,2-5H3,(H,20,22)/t13-,14-,15+,17-,18-/m1/s1. The smallest absolute Gasteiger partial charge is 0.373 e. The number of hydrogen-bond donors (Lipinski definition) is 3. The number of methoxy groups -OCH3 is 1. The summed E-state index contributed by atoms with van der Waals surface area (Å²) in [5.74, 6) is -2.19. The minimum atomic E-state index is -1.54. The average Bonchev–Trinajstić information content (AvgIpc) is 2.67. The van der Waals surface area contributed by atoms with Gasteiger partial charge in [0.15, 0.2) is 12.2 Å². The number of carbonyl (C=O) groups excluding carboxylic acids is 3. The van der Waals surface area contributed by atoms with Gasteiger partial charge in [-0.15, -0.1) is 6.58 Å². The number of aliphatic hydroxyl groups excluding tert-OH is 2. The topological polar surface area (TPSA) is 141 Å². The van der Waals surface area contributed by atoms with E-state index in [-0.39, 0.29) is 18.8 Å². The molecule has 0 fully saturated rings. The van der Waals surface area contributed by atoms with E-state index in [1.54, 1.807) is 6.92 Å². The van der Waals surface area contributed by atoms with Crippen LogP contribution >= 0.6 is 0 Å². The lowest BCUT2D eigenvalue weighted by Gasteiger charge is -2.43. The number of carbonyl (C=O) groups is 3. The van der Waals surface area contributed by atoms with Gasteiger partial charge in [0, 0.05) is 26.0 Å². The van der Waals surface area contributed by atoms with E-state index in [2.05, 4.69) is 11.9 Å². The summed E-state index contributed by atoms with van der Waals surface area (Å²) >= 11 is 0. The maximum absolute atomic E-state index is 12.4. The first kappa shape index (κ1) is 24.6. The van der Waals surface area contributed by atoms with Gasteiger partial charge in [-0.2, -0.15) is 0 Å². The molecular formula is C19H29NO9. The van der Waals surface area contributed by atoms with Crippen LogP contribution in [-0.4, -0.2) is 78.8 Å². The van der Waals surface area contributed by atoms with E-state index in [0.717, 1.165) is 6.92 Å². The molecule has 1 rings (SSSR count). The van der Waals surface area contributed by atoms with Crippen LogP contribution in [0.5, 0.6) is 0 Å². The van der Waals surface area contributed by atoms with Crippen molar-refractivity contribution in [2.45, 2.75) is 57.6 Å². The van der Waals surface area contributed by atoms with Gasteiger partial charge in [0.1, 0.15) is 12.2 Å². The van der Waals surface area contributed by atoms with Crippen molar-refractivity contribution in [3.8, 4) is 0 Å². The largest absolute Gasteiger partial charge is 0.477 e. The van der Waals surface area contributed by atoms with Crippen LogP contribution in [0.3, 0.4) is 0 Å². The molecule has 1 aliphatic rings. The van der Waals surface area contributed by atoms with E-state index in [9.17, 15) is 24.6 Å². The van der Waals surface area contributed by atoms with Crippen molar-refractivity contribution in [3.05, 3.63) is 24.0 Å². The number of rotatable bonds is 10. The molecule has 10 nitrogen and oxygen atoms in total. The van der Waals surface area contributed by atoms with Crippen molar-refractivity contribution in [2.24, 2.45) is 0 Å². The maximum atomic E-state index is 12.4. The first-order valence-electron chi connectivity index (χ1n) is 9.15. The van der Waals surface area contributed by atoms with Gasteiger partial charge >= 0.3 is 11.9 Å². The predicted octanol–water partition coefficient (Wildman–Crippen LogP) is -0.417. The van der Waals surface area contributed by atoms with Crippen LogP contribution in [0.1, 0.15) is 27.2 Å². The third kappa shape index (κ3) is 6.28. The average molecular weight is 415 g/mol. The van der Waals surface area contributed by atoms with Crippen LogP contribution in [0.15, 0.2) is 24.0 Å². The van der Waals surface area contributed by atoms with Gasteiger partial charge in [-0.1, -0.05) is 6.08 Å². The lowest BCUT2D eigenvalue weighted by Crippen LogP contribution is -2.62. The summed E-state index contributed by atoms with van der Waals surface area (Å²) in [5, 5.41) is 22.3. The summed E-state index contributed by atoms with van der Waals surface area (Å²) in [5.41, 5.74) is 0.378. The lowest BCUT2D eigenvalue weighted by atomic mass is 9.87. The molecule has 29 heavy (non-hydrogen) atoms. The van der Waals surface area contributed by atoms with Crippen molar-refractivity contribution in [3.63, 3.8) is 0 Å². The molecule has 1 heterocycles. The number of aliphatic hydroxyl groups is 2. The molecule has 0 bridgehead atoms. The predicted molar refractivity (Wildman–Crippen MR) is 100 cm³/mol. The Morgan fingerprint density at radius 3 is 2.45 bits per heavy atom. The highest BCUT2D eigenvalue weighted by Crippen LogP contribution is 2.33. The van der Waals surface area contributed by atoms with E-state index in [1.807, 2.05) is 0 Å². The second-order valence-corrected chi connectivity index (χ2v) is 6.35. The number of hydrogen-bond acceptors (Lipinski definition) is 9. The fourth-order valence-electron chi connectivity index (χ4n) is 3.15. The molecule has 0 aromatic carbocycles. The lowest BCUT2D eigenvalue weighted by molar-refractivity contribution is -0.177. The minimum Gasteiger partial charge on any atom is -0.477 e. The molecule has 0 radical (unpaired) electrons. The number of esters is 2. The Morgan fingerprint density at radius 1 is 1.34 bits per heavy atom. The third-order valence-electron chi connectivity index (χ3n) is 4.21. The fraction of sp³-hybridized carbons (Fsp3) is 0.632. The van der Waals surface area contributed by atoms with Crippen molar-refractivity contribution in [1.29, 1.82) is 0 Å². The molecule has 0 saturated heterocycles. The third-order valence-corrected chi connectivity index (χ3v) is 4.21. The highest BCUT2D eigenvalue weighted by molar-refractivity contribution is 5.87. The molecule has 5 atom stereocenters. The van der Waals surface area contributed by atoms with Crippen LogP contribution in [0.2, 0.25) is 0 Å². The summed E-state index contributed by atoms with van der Waals surface area (Å²) < 4.78 is 21.5. The zero-order chi connectivity index (χ0) is 22.1. The second kappa shape index (κ2) is 11.5. The van der Waals surface area contributed by atoms with E-state index < -0.39 is 54.9 Å². The Labute approximate surface area is 169 Å². The van der Waals surface area contributed by atoms with Crippen LogP contribution in [0.4, 0.5) is 0 Å². The van der Waals surface area contributed by atoms with Gasteiger partial charge in [0.05, 0.1) is 19.8 Å². The summed E-state index contributed by atoms with van der Waals surface area (Å²) in [6.45, 7) is 7.26. The molecule has 1 aliphatic heterocycles. The van der Waals surface area contributed by atoms with Gasteiger partial charge in [-0.3, -0.25) is 9.59 Å². The molecule has 164 valence electrons. The Hall–Kier alpha value is -2.43. The zero-order valence-corrected chi connectivity index (χ0v) is 17.0. The van der Waals surface area contributed by atoms with Crippen LogP contribution in [0, 0.1) is 0 Å². The van der Waals surface area contributed by atoms with Gasteiger partial charge in [0.25, 0.3) is 0 Å². The molecule has 0 spiro atoms. The normalized spacial score (nSPS) is 23.4. The molecular weight excluding hydrogens is 386 g/mol. The molecule has 0 unspecified atom stereocenters. The van der Waals surface area contributed by atoms with E-state index in [1.165, 1.54) is 20.1 Å². The number of allylic oxidation sites excluding steroid dienone is 1. The Bertz CT molecular complexity index is 646. The summed E-state index contributed by atoms with van der Waals surface area (Å²) in [6, 6.07) is -0.943. The van der Waals surface area contributed by atoms with Crippen LogP contribution < -0.4 is 5.32 Å².